The van der Waals surface area contributed by atoms with E-state index in [1.165, 1.54) is 44.3 Å². The Morgan fingerprint density at radius 3 is 2.70 bits per heavy atom. The van der Waals surface area contributed by atoms with E-state index in [0.717, 1.165) is 5.92 Å². The Labute approximate surface area is 124 Å². The van der Waals surface area contributed by atoms with Crippen LogP contribution in [0, 0.1) is 5.92 Å². The summed E-state index contributed by atoms with van der Waals surface area (Å²) in [5.74, 6) is 0.738. The van der Waals surface area contributed by atoms with Gasteiger partial charge in [0, 0.05) is 18.6 Å². The first-order chi connectivity index (χ1) is 9.70. The van der Waals surface area contributed by atoms with Gasteiger partial charge in [-0.3, -0.25) is 0 Å². The molecule has 0 radical (unpaired) electrons. The van der Waals surface area contributed by atoms with Crippen molar-refractivity contribution >= 4 is 0 Å². The molecule has 0 aliphatic carbocycles. The lowest BCUT2D eigenvalue weighted by Crippen LogP contribution is -2.48. The number of nitrogens with one attached hydrogen (secondary N) is 1. The molecule has 112 valence electrons. The number of hydrogen-bond donors (Lipinski definition) is 1. The first-order valence-electron chi connectivity index (χ1n) is 8.20. The normalized spacial score (nSPS) is 25.6. The van der Waals surface area contributed by atoms with Crippen molar-refractivity contribution in [3.05, 3.63) is 35.9 Å². The largest absolute Gasteiger partial charge is 0.307 e. The molecule has 1 aromatic rings. The molecule has 0 aromatic heterocycles. The van der Waals surface area contributed by atoms with Crippen LogP contribution in [0.1, 0.15) is 51.1 Å². The Kier molecular flexibility index (Phi) is 6.06. The van der Waals surface area contributed by atoms with Crippen LogP contribution in [0.5, 0.6) is 0 Å². The maximum atomic E-state index is 3.95. The molecule has 0 spiro atoms. The van der Waals surface area contributed by atoms with Gasteiger partial charge in [-0.25, -0.2) is 0 Å². The van der Waals surface area contributed by atoms with Crippen LogP contribution < -0.4 is 5.32 Å². The topological polar surface area (TPSA) is 15.3 Å². The third-order valence-corrected chi connectivity index (χ3v) is 4.57. The first kappa shape index (κ1) is 15.5. The molecule has 1 aliphatic heterocycles. The molecule has 1 aromatic carbocycles. The number of hydrogen-bond acceptors (Lipinski definition) is 2. The highest BCUT2D eigenvalue weighted by Crippen LogP contribution is 2.24. The molecule has 3 atom stereocenters. The number of likely N-dealkylation sites (tertiary alicyclic amines) is 1. The molecule has 2 rings (SSSR count). The Balaban J connectivity index is 2.00. The lowest BCUT2D eigenvalue weighted by molar-refractivity contribution is 0.164. The van der Waals surface area contributed by atoms with Gasteiger partial charge >= 0.3 is 0 Å². The summed E-state index contributed by atoms with van der Waals surface area (Å²) in [4.78, 5) is 2.45. The Morgan fingerprint density at radius 2 is 2.05 bits per heavy atom. The molecule has 2 nitrogen and oxygen atoms in total. The highest BCUT2D eigenvalue weighted by atomic mass is 15.1. The van der Waals surface area contributed by atoms with Crippen LogP contribution in [-0.2, 0) is 0 Å². The van der Waals surface area contributed by atoms with Gasteiger partial charge in [0.1, 0.15) is 0 Å². The zero-order valence-electron chi connectivity index (χ0n) is 13.3. The van der Waals surface area contributed by atoms with Crippen molar-refractivity contribution in [2.24, 2.45) is 5.92 Å². The van der Waals surface area contributed by atoms with Crippen molar-refractivity contribution in [1.82, 2.24) is 10.2 Å². The minimum Gasteiger partial charge on any atom is -0.307 e. The monoisotopic (exact) mass is 274 g/mol. The van der Waals surface area contributed by atoms with Gasteiger partial charge in [-0.2, -0.15) is 0 Å². The summed E-state index contributed by atoms with van der Waals surface area (Å²) in [7, 11) is 2.23. The van der Waals surface area contributed by atoms with Crippen molar-refractivity contribution in [1.29, 1.82) is 0 Å². The van der Waals surface area contributed by atoms with E-state index in [0.29, 0.717) is 12.1 Å². The fourth-order valence-electron chi connectivity index (χ4n) is 3.30. The molecule has 1 N–H and O–H groups in total. The second-order valence-corrected chi connectivity index (χ2v) is 6.41. The third-order valence-electron chi connectivity index (χ3n) is 4.57. The number of nitrogens with zero attached hydrogens (tertiary/aromatic N) is 1. The van der Waals surface area contributed by atoms with Crippen molar-refractivity contribution in [3.63, 3.8) is 0 Å². The van der Waals surface area contributed by atoms with E-state index in [1.54, 1.807) is 0 Å². The predicted molar refractivity (Wildman–Crippen MR) is 86.9 cm³/mol. The highest BCUT2D eigenvalue weighted by Gasteiger charge is 2.26. The van der Waals surface area contributed by atoms with Gasteiger partial charge in [-0.15, -0.1) is 0 Å². The molecule has 0 bridgehead atoms. The van der Waals surface area contributed by atoms with E-state index >= 15 is 0 Å². The van der Waals surface area contributed by atoms with E-state index < -0.39 is 0 Å². The zero-order valence-corrected chi connectivity index (χ0v) is 13.3. The van der Waals surface area contributed by atoms with Crippen LogP contribution in [0.15, 0.2) is 30.3 Å². The van der Waals surface area contributed by atoms with Crippen LogP contribution in [-0.4, -0.2) is 31.1 Å². The molecule has 20 heavy (non-hydrogen) atoms. The van der Waals surface area contributed by atoms with Gasteiger partial charge < -0.3 is 10.2 Å². The van der Waals surface area contributed by atoms with Crippen LogP contribution in [0.4, 0.5) is 0 Å². The second kappa shape index (κ2) is 7.80. The molecule has 1 fully saturated rings. The van der Waals surface area contributed by atoms with E-state index in [-0.39, 0.29) is 0 Å². The molecule has 1 saturated heterocycles. The molecule has 0 saturated carbocycles. The minimum atomic E-state index is 0.520. The van der Waals surface area contributed by atoms with Gasteiger partial charge in [0.25, 0.3) is 0 Å². The van der Waals surface area contributed by atoms with E-state index in [4.69, 9.17) is 0 Å². The van der Waals surface area contributed by atoms with Crippen LogP contribution >= 0.6 is 0 Å². The van der Waals surface area contributed by atoms with E-state index in [9.17, 15) is 0 Å². The fourth-order valence-corrected chi connectivity index (χ4v) is 3.30. The van der Waals surface area contributed by atoms with Crippen LogP contribution in [0.2, 0.25) is 0 Å². The Bertz CT molecular complexity index is 376. The Hall–Kier alpha value is -0.860. The maximum Gasteiger partial charge on any atom is 0.0322 e. The summed E-state index contributed by atoms with van der Waals surface area (Å²) in [5.41, 5.74) is 1.45. The van der Waals surface area contributed by atoms with Gasteiger partial charge in [-0.1, -0.05) is 57.0 Å². The highest BCUT2D eigenvalue weighted by molar-refractivity contribution is 5.19. The average molecular weight is 274 g/mol. The lowest BCUT2D eigenvalue weighted by Gasteiger charge is -2.37. The van der Waals surface area contributed by atoms with E-state index in [1.807, 2.05) is 0 Å². The van der Waals surface area contributed by atoms with Crippen molar-refractivity contribution < 1.29 is 0 Å². The second-order valence-electron chi connectivity index (χ2n) is 6.41. The van der Waals surface area contributed by atoms with Gasteiger partial charge in [0.05, 0.1) is 0 Å². The molecule has 2 heteroatoms. The van der Waals surface area contributed by atoms with Gasteiger partial charge in [0.2, 0.25) is 0 Å². The summed E-state index contributed by atoms with van der Waals surface area (Å²) in [6.45, 7) is 7.10. The summed E-state index contributed by atoms with van der Waals surface area (Å²) in [6.07, 6.45) is 5.09. The smallest absolute Gasteiger partial charge is 0.0322 e. The minimum absolute atomic E-state index is 0.520. The van der Waals surface area contributed by atoms with E-state index in [2.05, 4.69) is 61.4 Å². The number of benzene rings is 1. The summed E-state index contributed by atoms with van der Waals surface area (Å²) in [5, 5.41) is 3.95. The quantitative estimate of drug-likeness (QED) is 0.847. The molecular formula is C18H30N2. The van der Waals surface area contributed by atoms with Crippen molar-refractivity contribution in [3.8, 4) is 0 Å². The van der Waals surface area contributed by atoms with Crippen LogP contribution in [0.25, 0.3) is 0 Å². The molecule has 1 aliphatic rings. The number of piperidine rings is 1. The standard InChI is InChI=1S/C18H30N2/c1-4-5-11-18(16-9-7-6-8-10-16)19-17-12-13-20(3)14-15(17)2/h6-10,15,17-19H,4-5,11-14H2,1-3H3. The molecular weight excluding hydrogens is 244 g/mol. The van der Waals surface area contributed by atoms with Gasteiger partial charge in [0.15, 0.2) is 0 Å². The van der Waals surface area contributed by atoms with Crippen molar-refractivity contribution in [2.75, 3.05) is 20.1 Å². The summed E-state index contributed by atoms with van der Waals surface area (Å²) >= 11 is 0. The summed E-state index contributed by atoms with van der Waals surface area (Å²) in [6, 6.07) is 12.2. The fraction of sp³-hybridized carbons (Fsp3) is 0.667. The van der Waals surface area contributed by atoms with Gasteiger partial charge in [-0.05, 0) is 37.9 Å². The maximum absolute atomic E-state index is 3.95. The SMILES string of the molecule is CCCCC(NC1CCN(C)CC1C)c1ccccc1. The molecule has 3 unspecified atom stereocenters. The zero-order chi connectivity index (χ0) is 14.4. The predicted octanol–water partition coefficient (Wildman–Crippen LogP) is 3.85. The Morgan fingerprint density at radius 1 is 1.30 bits per heavy atom. The number of unbranched alkanes of at least 4 members (excludes halogenated alkanes) is 1. The average Bonchev–Trinajstić information content (AvgIpc) is 2.46. The summed E-state index contributed by atoms with van der Waals surface area (Å²) < 4.78 is 0. The lowest BCUT2D eigenvalue weighted by atomic mass is 9.91. The molecule has 1 heterocycles. The first-order valence-corrected chi connectivity index (χ1v) is 8.20. The third kappa shape index (κ3) is 4.32. The van der Waals surface area contributed by atoms with Crippen molar-refractivity contribution in [2.45, 2.75) is 51.6 Å². The van der Waals surface area contributed by atoms with Crippen LogP contribution in [0.3, 0.4) is 0 Å². The molecule has 0 amide bonds. The number of rotatable bonds is 6.